The van der Waals surface area contributed by atoms with Crippen LogP contribution in [-0.2, 0) is 0 Å². The van der Waals surface area contributed by atoms with Crippen LogP contribution < -0.4 is 0 Å². The lowest BCUT2D eigenvalue weighted by Crippen LogP contribution is -2.06. The van der Waals surface area contributed by atoms with Crippen LogP contribution >= 0.6 is 0 Å². The van der Waals surface area contributed by atoms with Crippen LogP contribution in [0.5, 0.6) is 0 Å². The van der Waals surface area contributed by atoms with Gasteiger partial charge in [0.15, 0.2) is 0 Å². The summed E-state index contributed by atoms with van der Waals surface area (Å²) in [6.07, 6.45) is 5.93. The molecule has 0 radical (unpaired) electrons. The maximum Gasteiger partial charge on any atom is 0.137 e. The van der Waals surface area contributed by atoms with E-state index < -0.39 is 0 Å². The quantitative estimate of drug-likeness (QED) is 0.635. The highest BCUT2D eigenvalue weighted by molar-refractivity contribution is 4.97. The van der Waals surface area contributed by atoms with Crippen molar-refractivity contribution in [2.24, 2.45) is 0 Å². The molecular formula is C9H13N3. The number of hydrogen-bond donors (Lipinski definition) is 0. The van der Waals surface area contributed by atoms with E-state index in [1.54, 1.807) is 11.0 Å². The summed E-state index contributed by atoms with van der Waals surface area (Å²) in [4.78, 5) is 3.87. The molecule has 1 rings (SSSR count). The summed E-state index contributed by atoms with van der Waals surface area (Å²) in [6, 6.07) is 0.185. The van der Waals surface area contributed by atoms with Crippen molar-refractivity contribution in [1.29, 1.82) is 0 Å². The zero-order chi connectivity index (χ0) is 8.97. The first kappa shape index (κ1) is 8.71. The summed E-state index contributed by atoms with van der Waals surface area (Å²) < 4.78 is 1.78. The Balaban J connectivity index is 2.69. The lowest BCUT2D eigenvalue weighted by Gasteiger charge is -2.11. The molecule has 0 aliphatic heterocycles. The molecule has 0 saturated heterocycles. The van der Waals surface area contributed by atoms with E-state index in [0.717, 1.165) is 12.0 Å². The lowest BCUT2D eigenvalue weighted by atomic mass is 10.1. The monoisotopic (exact) mass is 163 g/mol. The van der Waals surface area contributed by atoms with E-state index in [0.29, 0.717) is 0 Å². The standard InChI is InChI=1S/C9H13N3/c1-4-9(5-8(2)3)12-7-10-6-11-12/h4,6-7,9H,1-2,5H2,3H3. The minimum Gasteiger partial charge on any atom is -0.246 e. The van der Waals surface area contributed by atoms with Crippen LogP contribution in [0, 0.1) is 0 Å². The molecule has 1 aromatic rings. The molecule has 1 aromatic heterocycles. The molecule has 12 heavy (non-hydrogen) atoms. The third-order valence-corrected chi connectivity index (χ3v) is 1.61. The fraction of sp³-hybridized carbons (Fsp3) is 0.333. The number of allylic oxidation sites excluding steroid dienone is 2. The number of nitrogens with zero attached hydrogens (tertiary/aromatic N) is 3. The highest BCUT2D eigenvalue weighted by Gasteiger charge is 2.05. The Bertz CT molecular complexity index is 261. The van der Waals surface area contributed by atoms with Crippen molar-refractivity contribution in [2.45, 2.75) is 19.4 Å². The largest absolute Gasteiger partial charge is 0.246 e. The van der Waals surface area contributed by atoms with Gasteiger partial charge in [0.25, 0.3) is 0 Å². The summed E-state index contributed by atoms with van der Waals surface area (Å²) in [7, 11) is 0. The molecule has 1 heterocycles. The van der Waals surface area contributed by atoms with E-state index in [-0.39, 0.29) is 6.04 Å². The number of rotatable bonds is 4. The van der Waals surface area contributed by atoms with Gasteiger partial charge in [0, 0.05) is 0 Å². The first-order valence-corrected chi connectivity index (χ1v) is 3.85. The maximum atomic E-state index is 4.03. The molecule has 3 nitrogen and oxygen atoms in total. The fourth-order valence-electron chi connectivity index (χ4n) is 1.03. The molecule has 3 heteroatoms. The molecule has 0 N–H and O–H groups in total. The predicted octanol–water partition coefficient (Wildman–Crippen LogP) is 1.97. The van der Waals surface area contributed by atoms with Crippen LogP contribution in [0.4, 0.5) is 0 Å². The van der Waals surface area contributed by atoms with Crippen molar-refractivity contribution in [2.75, 3.05) is 0 Å². The summed E-state index contributed by atoms with van der Waals surface area (Å²) >= 11 is 0. The SMILES string of the molecule is C=CC(CC(=C)C)n1cncn1. The normalized spacial score (nSPS) is 12.4. The first-order chi connectivity index (χ1) is 5.74. The molecular weight excluding hydrogens is 150 g/mol. The van der Waals surface area contributed by atoms with Gasteiger partial charge in [0.05, 0.1) is 6.04 Å². The Morgan fingerprint density at radius 1 is 1.75 bits per heavy atom. The molecule has 0 aliphatic rings. The lowest BCUT2D eigenvalue weighted by molar-refractivity contribution is 0.534. The van der Waals surface area contributed by atoms with Crippen molar-refractivity contribution in [1.82, 2.24) is 14.8 Å². The van der Waals surface area contributed by atoms with Gasteiger partial charge in [0.1, 0.15) is 12.7 Å². The first-order valence-electron chi connectivity index (χ1n) is 3.85. The Morgan fingerprint density at radius 2 is 2.50 bits per heavy atom. The van der Waals surface area contributed by atoms with Crippen molar-refractivity contribution in [3.8, 4) is 0 Å². The molecule has 0 spiro atoms. The van der Waals surface area contributed by atoms with E-state index in [4.69, 9.17) is 0 Å². The molecule has 0 aromatic carbocycles. The molecule has 1 unspecified atom stereocenters. The summed E-state index contributed by atoms with van der Waals surface area (Å²) in [5.41, 5.74) is 1.12. The molecule has 1 atom stereocenters. The van der Waals surface area contributed by atoms with Crippen molar-refractivity contribution >= 4 is 0 Å². The van der Waals surface area contributed by atoms with Crippen molar-refractivity contribution < 1.29 is 0 Å². The van der Waals surface area contributed by atoms with Crippen LogP contribution in [0.2, 0.25) is 0 Å². The third kappa shape index (κ3) is 2.05. The minimum atomic E-state index is 0.185. The minimum absolute atomic E-state index is 0.185. The second-order valence-corrected chi connectivity index (χ2v) is 2.84. The van der Waals surface area contributed by atoms with Crippen LogP contribution in [0.15, 0.2) is 37.5 Å². The van der Waals surface area contributed by atoms with Crippen molar-refractivity contribution in [3.63, 3.8) is 0 Å². The Morgan fingerprint density at radius 3 is 2.92 bits per heavy atom. The van der Waals surface area contributed by atoms with E-state index >= 15 is 0 Å². The average Bonchev–Trinajstić information content (AvgIpc) is 2.51. The van der Waals surface area contributed by atoms with E-state index in [9.17, 15) is 0 Å². The van der Waals surface area contributed by atoms with Gasteiger partial charge in [-0.2, -0.15) is 5.10 Å². The van der Waals surface area contributed by atoms with Crippen LogP contribution in [0.3, 0.4) is 0 Å². The molecule has 0 amide bonds. The number of hydrogen-bond acceptors (Lipinski definition) is 2. The van der Waals surface area contributed by atoms with Gasteiger partial charge in [0.2, 0.25) is 0 Å². The smallest absolute Gasteiger partial charge is 0.137 e. The second-order valence-electron chi connectivity index (χ2n) is 2.84. The van der Waals surface area contributed by atoms with Gasteiger partial charge < -0.3 is 0 Å². The van der Waals surface area contributed by atoms with Crippen LogP contribution in [-0.4, -0.2) is 14.8 Å². The molecule has 64 valence electrons. The van der Waals surface area contributed by atoms with E-state index in [2.05, 4.69) is 23.2 Å². The Hall–Kier alpha value is -1.38. The van der Waals surface area contributed by atoms with Crippen LogP contribution in [0.1, 0.15) is 19.4 Å². The third-order valence-electron chi connectivity index (χ3n) is 1.61. The van der Waals surface area contributed by atoms with Gasteiger partial charge in [-0.3, -0.25) is 0 Å². The number of aromatic nitrogens is 3. The van der Waals surface area contributed by atoms with Gasteiger partial charge >= 0.3 is 0 Å². The van der Waals surface area contributed by atoms with Crippen molar-refractivity contribution in [3.05, 3.63) is 37.5 Å². The highest BCUT2D eigenvalue weighted by Crippen LogP contribution is 2.14. The van der Waals surface area contributed by atoms with E-state index in [1.165, 1.54) is 6.33 Å². The highest BCUT2D eigenvalue weighted by atomic mass is 15.3. The van der Waals surface area contributed by atoms with Gasteiger partial charge in [-0.1, -0.05) is 11.6 Å². The maximum absolute atomic E-state index is 4.03. The molecule has 0 saturated carbocycles. The Kier molecular flexibility index (Phi) is 2.80. The summed E-state index contributed by atoms with van der Waals surface area (Å²) in [5.74, 6) is 0. The fourth-order valence-corrected chi connectivity index (χ4v) is 1.03. The van der Waals surface area contributed by atoms with Gasteiger partial charge in [-0.15, -0.1) is 13.2 Å². The average molecular weight is 163 g/mol. The van der Waals surface area contributed by atoms with Gasteiger partial charge in [-0.05, 0) is 13.3 Å². The second kappa shape index (κ2) is 3.85. The topological polar surface area (TPSA) is 30.7 Å². The zero-order valence-corrected chi connectivity index (χ0v) is 7.27. The Labute approximate surface area is 72.4 Å². The summed E-state index contributed by atoms with van der Waals surface area (Å²) in [6.45, 7) is 9.58. The molecule has 0 bridgehead atoms. The van der Waals surface area contributed by atoms with Crippen LogP contribution in [0.25, 0.3) is 0 Å². The van der Waals surface area contributed by atoms with E-state index in [1.807, 2.05) is 13.0 Å². The predicted molar refractivity (Wildman–Crippen MR) is 48.7 cm³/mol. The summed E-state index contributed by atoms with van der Waals surface area (Å²) in [5, 5.41) is 4.03. The molecule has 0 aliphatic carbocycles. The zero-order valence-electron chi connectivity index (χ0n) is 7.27. The van der Waals surface area contributed by atoms with Gasteiger partial charge in [-0.25, -0.2) is 9.67 Å². The molecule has 0 fully saturated rings.